The van der Waals surface area contributed by atoms with Crippen LogP contribution in [0.15, 0.2) is 18.2 Å². The van der Waals surface area contributed by atoms with Gasteiger partial charge in [0.05, 0.1) is 0 Å². The second-order valence-electron chi connectivity index (χ2n) is 4.65. The largest absolute Gasteiger partial charge is 0.384 e. The molecule has 2 rings (SSSR count). The topological polar surface area (TPSA) is 49.3 Å². The lowest BCUT2D eigenvalue weighted by molar-refractivity contribution is 0.0917. The predicted molar refractivity (Wildman–Crippen MR) is 70.2 cm³/mol. The van der Waals surface area contributed by atoms with Crippen molar-refractivity contribution < 1.29 is 9.90 Å². The Morgan fingerprint density at radius 2 is 2.22 bits per heavy atom. The summed E-state index contributed by atoms with van der Waals surface area (Å²) in [6, 6.07) is 5.87. The third-order valence-electron chi connectivity index (χ3n) is 3.09. The number of carbonyl (C=O) groups is 1. The number of hydrogen-bond donors (Lipinski definition) is 2. The fraction of sp³-hybridized carbons (Fsp3) is 0.400. The maximum Gasteiger partial charge on any atom is 0.251 e. The number of rotatable bonds is 2. The quantitative estimate of drug-likeness (QED) is 0.775. The third-order valence-corrected chi connectivity index (χ3v) is 3.09. The molecule has 1 aliphatic carbocycles. The normalized spacial score (nSPS) is 14.3. The fourth-order valence-corrected chi connectivity index (χ4v) is 1.95. The van der Waals surface area contributed by atoms with Crippen molar-refractivity contribution >= 4 is 5.91 Å². The SMILES string of the molecule is Cc1cc(C#CCO)cc(C(=O)NC2CCC2)c1. The van der Waals surface area contributed by atoms with Crippen molar-refractivity contribution in [2.24, 2.45) is 0 Å². The highest BCUT2D eigenvalue weighted by Gasteiger charge is 2.20. The third kappa shape index (κ3) is 3.12. The van der Waals surface area contributed by atoms with Crippen LogP contribution in [-0.4, -0.2) is 23.7 Å². The van der Waals surface area contributed by atoms with Gasteiger partial charge >= 0.3 is 0 Å². The van der Waals surface area contributed by atoms with Crippen LogP contribution in [0.5, 0.6) is 0 Å². The number of aryl methyl sites for hydroxylation is 1. The van der Waals surface area contributed by atoms with Gasteiger partial charge in [-0.15, -0.1) is 0 Å². The second-order valence-corrected chi connectivity index (χ2v) is 4.65. The van der Waals surface area contributed by atoms with E-state index in [1.165, 1.54) is 6.42 Å². The van der Waals surface area contributed by atoms with Crippen molar-refractivity contribution in [3.63, 3.8) is 0 Å². The Kier molecular flexibility index (Phi) is 4.01. The molecule has 1 amide bonds. The monoisotopic (exact) mass is 243 g/mol. The Bertz CT molecular complexity index is 507. The molecule has 18 heavy (non-hydrogen) atoms. The Balaban J connectivity index is 2.15. The van der Waals surface area contributed by atoms with E-state index in [0.29, 0.717) is 11.6 Å². The average molecular weight is 243 g/mol. The number of carbonyl (C=O) groups excluding carboxylic acids is 1. The molecule has 94 valence electrons. The Labute approximate surface area is 107 Å². The van der Waals surface area contributed by atoms with Gasteiger partial charge in [0.1, 0.15) is 6.61 Å². The molecule has 2 N–H and O–H groups in total. The van der Waals surface area contributed by atoms with Crippen molar-refractivity contribution in [3.05, 3.63) is 34.9 Å². The van der Waals surface area contributed by atoms with Gasteiger partial charge in [-0.25, -0.2) is 0 Å². The van der Waals surface area contributed by atoms with Crippen molar-refractivity contribution in [2.75, 3.05) is 6.61 Å². The van der Waals surface area contributed by atoms with Gasteiger partial charge in [-0.3, -0.25) is 4.79 Å². The molecule has 0 spiro atoms. The van der Waals surface area contributed by atoms with E-state index >= 15 is 0 Å². The van der Waals surface area contributed by atoms with Crippen LogP contribution in [0.1, 0.15) is 40.7 Å². The summed E-state index contributed by atoms with van der Waals surface area (Å²) in [5.41, 5.74) is 2.41. The number of nitrogens with one attached hydrogen (secondary N) is 1. The molecule has 0 radical (unpaired) electrons. The molecule has 1 saturated carbocycles. The summed E-state index contributed by atoms with van der Waals surface area (Å²) in [5.74, 6) is 5.39. The van der Waals surface area contributed by atoms with Gasteiger partial charge in [-0.2, -0.15) is 0 Å². The van der Waals surface area contributed by atoms with Gasteiger partial charge in [0.25, 0.3) is 5.91 Å². The zero-order valence-electron chi connectivity index (χ0n) is 10.5. The first-order valence-corrected chi connectivity index (χ1v) is 6.21. The number of aliphatic hydroxyl groups is 1. The lowest BCUT2D eigenvalue weighted by atomic mass is 9.93. The van der Waals surface area contributed by atoms with Crippen LogP contribution >= 0.6 is 0 Å². The molecule has 3 heteroatoms. The van der Waals surface area contributed by atoms with E-state index in [-0.39, 0.29) is 12.5 Å². The summed E-state index contributed by atoms with van der Waals surface area (Å²) >= 11 is 0. The average Bonchev–Trinajstić information content (AvgIpc) is 2.30. The molecule has 0 atom stereocenters. The minimum Gasteiger partial charge on any atom is -0.384 e. The molecular formula is C15H17NO2. The molecule has 0 bridgehead atoms. The fourth-order valence-electron chi connectivity index (χ4n) is 1.95. The van der Waals surface area contributed by atoms with Crippen LogP contribution in [-0.2, 0) is 0 Å². The number of amides is 1. The van der Waals surface area contributed by atoms with E-state index in [2.05, 4.69) is 17.2 Å². The number of benzene rings is 1. The van der Waals surface area contributed by atoms with E-state index < -0.39 is 0 Å². The van der Waals surface area contributed by atoms with E-state index in [4.69, 9.17) is 5.11 Å². The van der Waals surface area contributed by atoms with Crippen molar-refractivity contribution in [1.29, 1.82) is 0 Å². The molecule has 0 unspecified atom stereocenters. The highest BCUT2D eigenvalue weighted by atomic mass is 16.2. The first-order chi connectivity index (χ1) is 8.69. The zero-order chi connectivity index (χ0) is 13.0. The lowest BCUT2D eigenvalue weighted by Gasteiger charge is -2.26. The maximum absolute atomic E-state index is 12.0. The predicted octanol–water partition coefficient (Wildman–Crippen LogP) is 1.62. The van der Waals surface area contributed by atoms with Crippen LogP contribution in [0.4, 0.5) is 0 Å². The second kappa shape index (κ2) is 5.70. The van der Waals surface area contributed by atoms with Crippen molar-refractivity contribution in [2.45, 2.75) is 32.2 Å². The summed E-state index contributed by atoms with van der Waals surface area (Å²) in [5, 5.41) is 11.7. The van der Waals surface area contributed by atoms with Crippen LogP contribution < -0.4 is 5.32 Å². The molecule has 3 nitrogen and oxygen atoms in total. The van der Waals surface area contributed by atoms with Gasteiger partial charge in [-0.1, -0.05) is 11.8 Å². The minimum atomic E-state index is -0.169. The van der Waals surface area contributed by atoms with E-state index in [0.717, 1.165) is 24.0 Å². The summed E-state index contributed by atoms with van der Waals surface area (Å²) in [6.45, 7) is 1.77. The van der Waals surface area contributed by atoms with E-state index in [9.17, 15) is 4.79 Å². The lowest BCUT2D eigenvalue weighted by Crippen LogP contribution is -2.39. The summed E-state index contributed by atoms with van der Waals surface area (Å²) in [6.07, 6.45) is 3.36. The summed E-state index contributed by atoms with van der Waals surface area (Å²) in [7, 11) is 0. The summed E-state index contributed by atoms with van der Waals surface area (Å²) in [4.78, 5) is 12.0. The minimum absolute atomic E-state index is 0.0320. The zero-order valence-corrected chi connectivity index (χ0v) is 10.5. The van der Waals surface area contributed by atoms with Gasteiger partial charge in [0.2, 0.25) is 0 Å². The highest BCUT2D eigenvalue weighted by molar-refractivity contribution is 5.95. The Hall–Kier alpha value is -1.79. The molecule has 0 aromatic heterocycles. The molecule has 0 saturated heterocycles. The molecule has 1 fully saturated rings. The van der Waals surface area contributed by atoms with Crippen LogP contribution in [0.25, 0.3) is 0 Å². The Morgan fingerprint density at radius 1 is 1.44 bits per heavy atom. The standard InChI is InChI=1S/C15H17NO2/c1-11-8-12(4-3-7-17)10-13(9-11)15(18)16-14-5-2-6-14/h8-10,14,17H,2,5-7H2,1H3,(H,16,18). The van der Waals surface area contributed by atoms with Gasteiger partial charge in [0.15, 0.2) is 0 Å². The van der Waals surface area contributed by atoms with E-state index in [1.54, 1.807) is 6.07 Å². The van der Waals surface area contributed by atoms with Crippen molar-refractivity contribution in [1.82, 2.24) is 5.32 Å². The first-order valence-electron chi connectivity index (χ1n) is 6.21. The summed E-state index contributed by atoms with van der Waals surface area (Å²) < 4.78 is 0. The molecule has 0 heterocycles. The smallest absolute Gasteiger partial charge is 0.251 e. The first kappa shape index (κ1) is 12.7. The molecule has 0 aliphatic heterocycles. The van der Waals surface area contributed by atoms with Gasteiger partial charge in [-0.05, 0) is 49.9 Å². The molecule has 1 aromatic rings. The van der Waals surface area contributed by atoms with Crippen molar-refractivity contribution in [3.8, 4) is 11.8 Å². The van der Waals surface area contributed by atoms with Crippen LogP contribution in [0.3, 0.4) is 0 Å². The Morgan fingerprint density at radius 3 is 2.83 bits per heavy atom. The maximum atomic E-state index is 12.0. The molecule has 1 aliphatic rings. The van der Waals surface area contributed by atoms with Crippen LogP contribution in [0, 0.1) is 18.8 Å². The highest BCUT2D eigenvalue weighted by Crippen LogP contribution is 2.19. The molecule has 1 aromatic carbocycles. The van der Waals surface area contributed by atoms with E-state index in [1.807, 2.05) is 19.1 Å². The van der Waals surface area contributed by atoms with Gasteiger partial charge in [0, 0.05) is 17.2 Å². The number of aliphatic hydroxyl groups excluding tert-OH is 1. The number of hydrogen-bond acceptors (Lipinski definition) is 2. The van der Waals surface area contributed by atoms with Gasteiger partial charge < -0.3 is 10.4 Å². The molecular weight excluding hydrogens is 226 g/mol. The van der Waals surface area contributed by atoms with Crippen LogP contribution in [0.2, 0.25) is 0 Å².